The largest absolute Gasteiger partial charge is 0.493 e. The van der Waals surface area contributed by atoms with Crippen LogP contribution in [0.2, 0.25) is 0 Å². The van der Waals surface area contributed by atoms with Crippen molar-refractivity contribution in [1.29, 1.82) is 0 Å². The van der Waals surface area contributed by atoms with Gasteiger partial charge in [0.15, 0.2) is 11.5 Å². The summed E-state index contributed by atoms with van der Waals surface area (Å²) in [6.07, 6.45) is 3.87. The number of rotatable bonds is 8. The number of likely N-dealkylation sites (N-methyl/N-ethyl adjacent to an activating group) is 1. The number of methoxy groups -OCH3 is 2. The van der Waals surface area contributed by atoms with Crippen LogP contribution in [0.3, 0.4) is 0 Å². The van der Waals surface area contributed by atoms with Gasteiger partial charge in [0.2, 0.25) is 0 Å². The van der Waals surface area contributed by atoms with Crippen LogP contribution >= 0.6 is 0 Å². The molecule has 1 rings (SSSR count). The molecule has 0 amide bonds. The molecule has 0 aliphatic rings. The Kier molecular flexibility index (Phi) is 6.29. The highest BCUT2D eigenvalue weighted by Gasteiger charge is 2.09. The van der Waals surface area contributed by atoms with E-state index in [1.807, 2.05) is 18.2 Å². The van der Waals surface area contributed by atoms with Crippen molar-refractivity contribution in [3.8, 4) is 11.5 Å². The van der Waals surface area contributed by atoms with Gasteiger partial charge in [-0.1, -0.05) is 19.1 Å². The second-order valence-corrected chi connectivity index (χ2v) is 4.17. The summed E-state index contributed by atoms with van der Waals surface area (Å²) in [4.78, 5) is 0. The van der Waals surface area contributed by atoms with Crippen LogP contribution < -0.4 is 14.8 Å². The fraction of sp³-hybridized carbons (Fsp3) is 0.467. The van der Waals surface area contributed by atoms with Crippen LogP contribution in [-0.2, 0) is 6.42 Å². The van der Waals surface area contributed by atoms with Crippen LogP contribution in [0.15, 0.2) is 30.9 Å². The quantitative estimate of drug-likeness (QED) is 0.719. The van der Waals surface area contributed by atoms with Crippen LogP contribution in [0.5, 0.6) is 11.5 Å². The van der Waals surface area contributed by atoms with Crippen molar-refractivity contribution in [2.75, 3.05) is 20.8 Å². The van der Waals surface area contributed by atoms with Crippen LogP contribution in [-0.4, -0.2) is 26.8 Å². The summed E-state index contributed by atoms with van der Waals surface area (Å²) in [7, 11) is 3.31. The van der Waals surface area contributed by atoms with E-state index in [4.69, 9.17) is 9.47 Å². The zero-order valence-corrected chi connectivity index (χ0v) is 11.5. The van der Waals surface area contributed by atoms with Crippen molar-refractivity contribution in [3.63, 3.8) is 0 Å². The lowest BCUT2D eigenvalue weighted by Crippen LogP contribution is -2.30. The second-order valence-electron chi connectivity index (χ2n) is 4.17. The molecule has 1 aromatic carbocycles. The minimum atomic E-state index is 0.422. The van der Waals surface area contributed by atoms with Gasteiger partial charge in [-0.3, -0.25) is 0 Å². The lowest BCUT2D eigenvalue weighted by molar-refractivity contribution is 0.354. The molecule has 1 unspecified atom stereocenters. The molecule has 0 aliphatic heterocycles. The third-order valence-electron chi connectivity index (χ3n) is 2.87. The Bertz CT molecular complexity index is 377. The number of benzene rings is 1. The van der Waals surface area contributed by atoms with Crippen molar-refractivity contribution < 1.29 is 9.47 Å². The van der Waals surface area contributed by atoms with E-state index in [1.165, 1.54) is 5.56 Å². The van der Waals surface area contributed by atoms with Crippen LogP contribution in [0.25, 0.3) is 0 Å². The molecule has 0 saturated carbocycles. The maximum absolute atomic E-state index is 5.31. The average Bonchev–Trinajstić information content (AvgIpc) is 2.39. The predicted molar refractivity (Wildman–Crippen MR) is 75.5 cm³/mol. The van der Waals surface area contributed by atoms with Gasteiger partial charge in [-0.05, 0) is 37.1 Å². The SMILES string of the molecule is C=CCC(Cc1ccc(OC)c(OC)c1)NCC. The molecule has 0 fully saturated rings. The Morgan fingerprint density at radius 2 is 2.00 bits per heavy atom. The molecule has 18 heavy (non-hydrogen) atoms. The Hall–Kier alpha value is -1.48. The van der Waals surface area contributed by atoms with Crippen LogP contribution in [0.1, 0.15) is 18.9 Å². The normalized spacial score (nSPS) is 11.9. The highest BCUT2D eigenvalue weighted by molar-refractivity contribution is 5.43. The molecule has 3 nitrogen and oxygen atoms in total. The van der Waals surface area contributed by atoms with Crippen LogP contribution in [0, 0.1) is 0 Å². The third kappa shape index (κ3) is 4.08. The van der Waals surface area contributed by atoms with Gasteiger partial charge in [0, 0.05) is 6.04 Å². The average molecular weight is 249 g/mol. The Balaban J connectivity index is 2.79. The van der Waals surface area contributed by atoms with Crippen LogP contribution in [0.4, 0.5) is 0 Å². The van der Waals surface area contributed by atoms with Gasteiger partial charge < -0.3 is 14.8 Å². The molecular formula is C15H23NO2. The number of ether oxygens (including phenoxy) is 2. The Labute approximate surface area is 110 Å². The van der Waals surface area contributed by atoms with E-state index in [9.17, 15) is 0 Å². The molecule has 0 aliphatic carbocycles. The van der Waals surface area contributed by atoms with Gasteiger partial charge in [0.1, 0.15) is 0 Å². The maximum atomic E-state index is 5.31. The minimum Gasteiger partial charge on any atom is -0.493 e. The first-order valence-corrected chi connectivity index (χ1v) is 6.30. The topological polar surface area (TPSA) is 30.5 Å². The van der Waals surface area contributed by atoms with Crippen molar-refractivity contribution in [2.45, 2.75) is 25.8 Å². The minimum absolute atomic E-state index is 0.422. The molecule has 0 bridgehead atoms. The highest BCUT2D eigenvalue weighted by atomic mass is 16.5. The third-order valence-corrected chi connectivity index (χ3v) is 2.87. The Morgan fingerprint density at radius 1 is 1.28 bits per heavy atom. The van der Waals surface area contributed by atoms with Gasteiger partial charge in [-0.15, -0.1) is 6.58 Å². The van der Waals surface area contributed by atoms with E-state index < -0.39 is 0 Å². The zero-order chi connectivity index (χ0) is 13.4. The lowest BCUT2D eigenvalue weighted by Gasteiger charge is -2.17. The van der Waals surface area contributed by atoms with E-state index in [1.54, 1.807) is 14.2 Å². The zero-order valence-electron chi connectivity index (χ0n) is 11.5. The van der Waals surface area contributed by atoms with E-state index >= 15 is 0 Å². The monoisotopic (exact) mass is 249 g/mol. The van der Waals surface area contributed by atoms with Gasteiger partial charge >= 0.3 is 0 Å². The first kappa shape index (κ1) is 14.6. The van der Waals surface area contributed by atoms with Crippen molar-refractivity contribution >= 4 is 0 Å². The maximum Gasteiger partial charge on any atom is 0.160 e. The molecule has 0 spiro atoms. The first-order chi connectivity index (χ1) is 8.74. The van der Waals surface area contributed by atoms with Crippen molar-refractivity contribution in [3.05, 3.63) is 36.4 Å². The predicted octanol–water partition coefficient (Wildman–Crippen LogP) is 2.80. The standard InChI is InChI=1S/C15H23NO2/c1-5-7-13(16-6-2)10-12-8-9-14(17-3)15(11-12)18-4/h5,8-9,11,13,16H,1,6-7,10H2,2-4H3. The number of hydrogen-bond donors (Lipinski definition) is 1. The van der Waals surface area contributed by atoms with E-state index in [0.717, 1.165) is 30.9 Å². The molecule has 1 N–H and O–H groups in total. The first-order valence-electron chi connectivity index (χ1n) is 6.30. The summed E-state index contributed by atoms with van der Waals surface area (Å²) in [5, 5.41) is 3.45. The fourth-order valence-electron chi connectivity index (χ4n) is 2.02. The van der Waals surface area contributed by atoms with Gasteiger partial charge in [-0.25, -0.2) is 0 Å². The van der Waals surface area contributed by atoms with E-state index in [0.29, 0.717) is 6.04 Å². The number of hydrogen-bond acceptors (Lipinski definition) is 3. The molecule has 1 atom stereocenters. The van der Waals surface area contributed by atoms with Gasteiger partial charge in [0.05, 0.1) is 14.2 Å². The molecule has 0 heterocycles. The Morgan fingerprint density at radius 3 is 2.56 bits per heavy atom. The second kappa shape index (κ2) is 7.77. The fourth-order valence-corrected chi connectivity index (χ4v) is 2.02. The number of nitrogens with one attached hydrogen (secondary N) is 1. The van der Waals surface area contributed by atoms with Crippen molar-refractivity contribution in [1.82, 2.24) is 5.32 Å². The van der Waals surface area contributed by atoms with E-state index in [-0.39, 0.29) is 0 Å². The summed E-state index contributed by atoms with van der Waals surface area (Å²) in [6, 6.07) is 6.48. The molecule has 0 saturated heterocycles. The summed E-state index contributed by atoms with van der Waals surface area (Å²) in [5.74, 6) is 1.55. The smallest absolute Gasteiger partial charge is 0.160 e. The molecule has 3 heteroatoms. The summed E-state index contributed by atoms with van der Waals surface area (Å²) >= 11 is 0. The van der Waals surface area contributed by atoms with E-state index in [2.05, 4.69) is 24.9 Å². The molecule has 0 aromatic heterocycles. The lowest BCUT2D eigenvalue weighted by atomic mass is 10.0. The molecular weight excluding hydrogens is 226 g/mol. The summed E-state index contributed by atoms with van der Waals surface area (Å²) < 4.78 is 10.5. The summed E-state index contributed by atoms with van der Waals surface area (Å²) in [6.45, 7) is 6.88. The van der Waals surface area contributed by atoms with Gasteiger partial charge in [0.25, 0.3) is 0 Å². The molecule has 1 aromatic rings. The van der Waals surface area contributed by atoms with Gasteiger partial charge in [-0.2, -0.15) is 0 Å². The summed E-state index contributed by atoms with van der Waals surface area (Å²) in [5.41, 5.74) is 1.24. The molecule has 0 radical (unpaired) electrons. The highest BCUT2D eigenvalue weighted by Crippen LogP contribution is 2.28. The molecule has 100 valence electrons. The van der Waals surface area contributed by atoms with Crippen molar-refractivity contribution in [2.24, 2.45) is 0 Å².